The Morgan fingerprint density at radius 1 is 1.26 bits per heavy atom. The number of hydrogen-bond donors (Lipinski definition) is 1. The molecule has 0 saturated heterocycles. The lowest BCUT2D eigenvalue weighted by molar-refractivity contribution is 0.124. The van der Waals surface area contributed by atoms with Crippen molar-refractivity contribution in [1.82, 2.24) is 19.3 Å². The first kappa shape index (κ1) is 13.9. The number of unbranched alkanes of at least 4 members (excludes halogenated alkanes) is 1. The second-order valence-corrected chi connectivity index (χ2v) is 4.68. The van der Waals surface area contributed by atoms with Crippen LogP contribution in [0.15, 0.2) is 0 Å². The number of nitrogens with zero attached hydrogens (tertiary/aromatic N) is 4. The van der Waals surface area contributed by atoms with Crippen LogP contribution in [0.5, 0.6) is 0 Å². The molecule has 0 aliphatic carbocycles. The SMILES string of the molecule is CCCCOCCn1c(N)nc2c(CC)nn(C)c21. The molecule has 0 atom stereocenters. The van der Waals surface area contributed by atoms with Crippen LogP contribution >= 0.6 is 0 Å². The van der Waals surface area contributed by atoms with Crippen LogP contribution in [0.4, 0.5) is 5.95 Å². The minimum absolute atomic E-state index is 0.539. The van der Waals surface area contributed by atoms with Gasteiger partial charge in [-0.25, -0.2) is 4.98 Å². The van der Waals surface area contributed by atoms with Crippen LogP contribution < -0.4 is 5.73 Å². The van der Waals surface area contributed by atoms with Crippen molar-refractivity contribution in [3.63, 3.8) is 0 Å². The van der Waals surface area contributed by atoms with Gasteiger partial charge in [-0.15, -0.1) is 0 Å². The Balaban J connectivity index is 2.13. The third kappa shape index (κ3) is 2.73. The van der Waals surface area contributed by atoms with E-state index in [4.69, 9.17) is 10.5 Å². The largest absolute Gasteiger partial charge is 0.380 e. The molecule has 0 amide bonds. The van der Waals surface area contributed by atoms with Crippen molar-refractivity contribution in [2.45, 2.75) is 39.7 Å². The molecule has 0 aliphatic rings. The van der Waals surface area contributed by atoms with Crippen LogP contribution in [0.3, 0.4) is 0 Å². The van der Waals surface area contributed by atoms with E-state index < -0.39 is 0 Å². The van der Waals surface area contributed by atoms with Crippen molar-refractivity contribution in [1.29, 1.82) is 0 Å². The van der Waals surface area contributed by atoms with E-state index in [2.05, 4.69) is 23.9 Å². The van der Waals surface area contributed by atoms with Crippen LogP contribution in [0.25, 0.3) is 11.2 Å². The summed E-state index contributed by atoms with van der Waals surface area (Å²) in [6.07, 6.45) is 3.11. The third-order valence-electron chi connectivity index (χ3n) is 3.26. The summed E-state index contributed by atoms with van der Waals surface area (Å²) in [7, 11) is 1.93. The van der Waals surface area contributed by atoms with Crippen molar-refractivity contribution in [2.75, 3.05) is 18.9 Å². The van der Waals surface area contributed by atoms with E-state index in [-0.39, 0.29) is 0 Å². The molecule has 2 aromatic heterocycles. The highest BCUT2D eigenvalue weighted by Crippen LogP contribution is 2.20. The number of ether oxygens (including phenoxy) is 1. The quantitative estimate of drug-likeness (QED) is 0.774. The highest BCUT2D eigenvalue weighted by molar-refractivity contribution is 5.77. The van der Waals surface area contributed by atoms with Crippen LogP contribution in [0.1, 0.15) is 32.4 Å². The number of aromatic nitrogens is 4. The Kier molecular flexibility index (Phi) is 4.42. The Morgan fingerprint density at radius 3 is 2.74 bits per heavy atom. The summed E-state index contributed by atoms with van der Waals surface area (Å²) in [6, 6.07) is 0. The summed E-state index contributed by atoms with van der Waals surface area (Å²) in [5, 5.41) is 4.46. The molecule has 6 nitrogen and oxygen atoms in total. The van der Waals surface area contributed by atoms with E-state index in [0.717, 1.165) is 42.7 Å². The fraction of sp³-hybridized carbons (Fsp3) is 0.692. The predicted molar refractivity (Wildman–Crippen MR) is 76.0 cm³/mol. The molecule has 19 heavy (non-hydrogen) atoms. The van der Waals surface area contributed by atoms with E-state index in [9.17, 15) is 0 Å². The highest BCUT2D eigenvalue weighted by atomic mass is 16.5. The zero-order valence-electron chi connectivity index (χ0n) is 12.0. The fourth-order valence-corrected chi connectivity index (χ4v) is 2.22. The van der Waals surface area contributed by atoms with E-state index >= 15 is 0 Å². The van der Waals surface area contributed by atoms with Crippen LogP contribution in [0, 0.1) is 0 Å². The summed E-state index contributed by atoms with van der Waals surface area (Å²) >= 11 is 0. The maximum absolute atomic E-state index is 5.99. The number of imidazole rings is 1. The molecule has 0 unspecified atom stereocenters. The van der Waals surface area contributed by atoms with Crippen LogP contribution in [-0.2, 0) is 24.8 Å². The first-order valence-electron chi connectivity index (χ1n) is 6.94. The van der Waals surface area contributed by atoms with Crippen molar-refractivity contribution in [3.05, 3.63) is 5.69 Å². The lowest BCUT2D eigenvalue weighted by atomic mass is 10.3. The first-order chi connectivity index (χ1) is 9.19. The summed E-state index contributed by atoms with van der Waals surface area (Å²) in [5.74, 6) is 0.539. The van der Waals surface area contributed by atoms with Crippen LogP contribution in [-0.4, -0.2) is 32.5 Å². The molecule has 6 heteroatoms. The van der Waals surface area contributed by atoms with E-state index in [1.807, 2.05) is 16.3 Å². The van der Waals surface area contributed by atoms with Crippen molar-refractivity contribution < 1.29 is 4.74 Å². The predicted octanol–water partition coefficient (Wildman–Crippen LogP) is 1.73. The van der Waals surface area contributed by atoms with Gasteiger partial charge in [0.15, 0.2) is 5.65 Å². The summed E-state index contributed by atoms with van der Waals surface area (Å²) in [4.78, 5) is 4.42. The molecular formula is C13H23N5O. The second kappa shape index (κ2) is 6.06. The molecule has 2 rings (SSSR count). The maximum atomic E-state index is 5.99. The van der Waals surface area contributed by atoms with Gasteiger partial charge >= 0.3 is 0 Å². The summed E-state index contributed by atoms with van der Waals surface area (Å²) in [6.45, 7) is 6.41. The lowest BCUT2D eigenvalue weighted by Crippen LogP contribution is -2.11. The molecule has 0 radical (unpaired) electrons. The smallest absolute Gasteiger partial charge is 0.202 e. The first-order valence-corrected chi connectivity index (χ1v) is 6.94. The van der Waals surface area contributed by atoms with Gasteiger partial charge in [0, 0.05) is 13.7 Å². The minimum Gasteiger partial charge on any atom is -0.380 e. The van der Waals surface area contributed by atoms with Gasteiger partial charge in [0.2, 0.25) is 5.95 Å². The maximum Gasteiger partial charge on any atom is 0.202 e. The zero-order chi connectivity index (χ0) is 13.8. The molecule has 0 saturated carbocycles. The Labute approximate surface area is 113 Å². The molecule has 106 valence electrons. The average molecular weight is 265 g/mol. The molecule has 2 N–H and O–H groups in total. The van der Waals surface area contributed by atoms with Gasteiger partial charge in [-0.2, -0.15) is 5.10 Å². The molecule has 2 heterocycles. The number of nitrogen functional groups attached to an aromatic ring is 1. The van der Waals surface area contributed by atoms with Gasteiger partial charge in [-0.05, 0) is 12.8 Å². The molecule has 0 fully saturated rings. The normalized spacial score (nSPS) is 11.5. The molecular weight excluding hydrogens is 242 g/mol. The Morgan fingerprint density at radius 2 is 2.05 bits per heavy atom. The standard InChI is InChI=1S/C13H23N5O/c1-4-6-8-19-9-7-18-12-11(15-13(18)14)10(5-2)16-17(12)3/h4-9H2,1-3H3,(H2,14,15). The minimum atomic E-state index is 0.539. The number of fused-ring (bicyclic) bond motifs is 1. The number of nitrogens with two attached hydrogens (primary N) is 1. The number of aryl methyl sites for hydroxylation is 2. The molecule has 0 aromatic carbocycles. The van der Waals surface area contributed by atoms with Gasteiger partial charge in [-0.3, -0.25) is 9.25 Å². The van der Waals surface area contributed by atoms with Gasteiger partial charge < -0.3 is 10.5 Å². The van der Waals surface area contributed by atoms with Gasteiger partial charge in [-0.1, -0.05) is 20.3 Å². The average Bonchev–Trinajstić information content (AvgIpc) is 2.87. The van der Waals surface area contributed by atoms with E-state index in [1.165, 1.54) is 0 Å². The monoisotopic (exact) mass is 265 g/mol. The third-order valence-corrected chi connectivity index (χ3v) is 3.26. The molecule has 2 aromatic rings. The fourth-order valence-electron chi connectivity index (χ4n) is 2.22. The topological polar surface area (TPSA) is 70.9 Å². The second-order valence-electron chi connectivity index (χ2n) is 4.68. The molecule has 0 spiro atoms. The molecule has 0 bridgehead atoms. The van der Waals surface area contributed by atoms with Crippen molar-refractivity contribution in [3.8, 4) is 0 Å². The lowest BCUT2D eigenvalue weighted by Gasteiger charge is -2.07. The van der Waals surface area contributed by atoms with E-state index in [1.54, 1.807) is 0 Å². The van der Waals surface area contributed by atoms with E-state index in [0.29, 0.717) is 19.1 Å². The summed E-state index contributed by atoms with van der Waals surface area (Å²) in [5.41, 5.74) is 8.87. The zero-order valence-corrected chi connectivity index (χ0v) is 12.0. The van der Waals surface area contributed by atoms with Crippen molar-refractivity contribution >= 4 is 17.1 Å². The van der Waals surface area contributed by atoms with Gasteiger partial charge in [0.1, 0.15) is 5.52 Å². The highest BCUT2D eigenvalue weighted by Gasteiger charge is 2.16. The van der Waals surface area contributed by atoms with Crippen LogP contribution in [0.2, 0.25) is 0 Å². The number of hydrogen-bond acceptors (Lipinski definition) is 4. The molecule has 0 aliphatic heterocycles. The number of rotatable bonds is 7. The summed E-state index contributed by atoms with van der Waals surface area (Å²) < 4.78 is 9.42. The van der Waals surface area contributed by atoms with Gasteiger partial charge in [0.25, 0.3) is 0 Å². The number of anilines is 1. The van der Waals surface area contributed by atoms with Gasteiger partial charge in [0.05, 0.1) is 18.8 Å². The van der Waals surface area contributed by atoms with Crippen molar-refractivity contribution in [2.24, 2.45) is 7.05 Å². The Bertz CT molecular complexity index is 543. The Hall–Kier alpha value is -1.56.